The zero-order valence-corrected chi connectivity index (χ0v) is 17.0. The fourth-order valence-corrected chi connectivity index (χ4v) is 4.29. The molecule has 0 atom stereocenters. The number of imidazole rings is 1. The number of para-hydroxylation sites is 2. The molecule has 1 fully saturated rings. The number of piperidine rings is 1. The minimum Gasteiger partial charge on any atom is -0.460 e. The van der Waals surface area contributed by atoms with Crippen molar-refractivity contribution in [2.45, 2.75) is 25.8 Å². The second-order valence-electron chi connectivity index (χ2n) is 7.79. The molecule has 30 heavy (non-hydrogen) atoms. The van der Waals surface area contributed by atoms with Gasteiger partial charge in [0.2, 0.25) is 0 Å². The Bertz CT molecular complexity index is 1280. The van der Waals surface area contributed by atoms with Crippen molar-refractivity contribution >= 4 is 16.9 Å². The molecular formula is C22H23N5O3. The van der Waals surface area contributed by atoms with Gasteiger partial charge in [0, 0.05) is 32.2 Å². The molecule has 5 rings (SSSR count). The highest BCUT2D eigenvalue weighted by atomic mass is 16.3. The van der Waals surface area contributed by atoms with Crippen LogP contribution in [0.3, 0.4) is 0 Å². The van der Waals surface area contributed by atoms with Gasteiger partial charge in [0.1, 0.15) is 17.1 Å². The molecule has 8 nitrogen and oxygen atoms in total. The van der Waals surface area contributed by atoms with E-state index in [0.717, 1.165) is 29.6 Å². The highest BCUT2D eigenvalue weighted by Gasteiger charge is 2.28. The predicted octanol–water partition coefficient (Wildman–Crippen LogP) is 3.11. The van der Waals surface area contributed by atoms with Gasteiger partial charge in [-0.15, -0.1) is 0 Å². The number of furan rings is 1. The molecule has 8 heteroatoms. The van der Waals surface area contributed by atoms with Gasteiger partial charge in [0.05, 0.1) is 11.0 Å². The number of carbonyl (C=O) groups is 1. The van der Waals surface area contributed by atoms with Crippen LogP contribution in [-0.4, -0.2) is 43.2 Å². The third-order valence-electron chi connectivity index (χ3n) is 5.83. The van der Waals surface area contributed by atoms with Gasteiger partial charge in [-0.3, -0.25) is 14.0 Å². The van der Waals surface area contributed by atoms with Crippen LogP contribution in [0, 0.1) is 6.92 Å². The summed E-state index contributed by atoms with van der Waals surface area (Å²) in [4.78, 5) is 30.3. The molecule has 0 spiro atoms. The third kappa shape index (κ3) is 3.04. The van der Waals surface area contributed by atoms with Crippen molar-refractivity contribution in [2.75, 3.05) is 13.1 Å². The molecule has 1 N–H and O–H groups in total. The van der Waals surface area contributed by atoms with Crippen LogP contribution in [0.4, 0.5) is 0 Å². The van der Waals surface area contributed by atoms with Crippen molar-refractivity contribution in [3.05, 3.63) is 64.4 Å². The van der Waals surface area contributed by atoms with Gasteiger partial charge in [-0.2, -0.15) is 5.10 Å². The molecule has 0 radical (unpaired) electrons. The largest absolute Gasteiger partial charge is 0.460 e. The molecule has 0 saturated carbocycles. The summed E-state index contributed by atoms with van der Waals surface area (Å²) in [6, 6.07) is 13.3. The Labute approximate surface area is 172 Å². The van der Waals surface area contributed by atoms with E-state index in [0.29, 0.717) is 30.2 Å². The topological polar surface area (TPSA) is 89.1 Å². The molecule has 0 unspecified atom stereocenters. The zero-order valence-electron chi connectivity index (χ0n) is 17.0. The summed E-state index contributed by atoms with van der Waals surface area (Å²) in [5, 5.41) is 4.44. The average molecular weight is 405 g/mol. The maximum Gasteiger partial charge on any atom is 0.326 e. The summed E-state index contributed by atoms with van der Waals surface area (Å²) in [6.07, 6.45) is 1.46. The standard InChI is InChI=1S/C22H23N5O3/c1-14-7-8-20(30-14)17-13-19(25(2)24-17)21(28)26-11-9-15(10-12-26)27-18-6-4-3-5-16(18)23-22(27)29/h3-8,13,15H,9-12H2,1-2H3,(H,23,29). The number of nitrogens with zero attached hydrogens (tertiary/aromatic N) is 4. The van der Waals surface area contributed by atoms with Crippen LogP contribution in [0.2, 0.25) is 0 Å². The van der Waals surface area contributed by atoms with E-state index in [2.05, 4.69) is 10.1 Å². The van der Waals surface area contributed by atoms with Crippen LogP contribution in [-0.2, 0) is 7.05 Å². The van der Waals surface area contributed by atoms with Crippen LogP contribution in [0.1, 0.15) is 35.1 Å². The number of rotatable bonds is 3. The normalized spacial score (nSPS) is 15.2. The number of carbonyl (C=O) groups excluding carboxylic acids is 1. The van der Waals surface area contributed by atoms with Gasteiger partial charge in [0.15, 0.2) is 5.76 Å². The Morgan fingerprint density at radius 2 is 1.93 bits per heavy atom. The highest BCUT2D eigenvalue weighted by molar-refractivity contribution is 5.93. The Kier molecular flexibility index (Phi) is 4.34. The van der Waals surface area contributed by atoms with Crippen molar-refractivity contribution in [1.82, 2.24) is 24.2 Å². The predicted molar refractivity (Wildman–Crippen MR) is 112 cm³/mol. The number of aryl methyl sites for hydroxylation is 2. The minimum absolute atomic E-state index is 0.0516. The Morgan fingerprint density at radius 1 is 1.17 bits per heavy atom. The van der Waals surface area contributed by atoms with Crippen LogP contribution < -0.4 is 5.69 Å². The van der Waals surface area contributed by atoms with Crippen molar-refractivity contribution in [1.29, 1.82) is 0 Å². The summed E-state index contributed by atoms with van der Waals surface area (Å²) in [5.74, 6) is 1.40. The molecule has 0 bridgehead atoms. The summed E-state index contributed by atoms with van der Waals surface area (Å²) in [7, 11) is 1.77. The first kappa shape index (κ1) is 18.5. The molecule has 1 aliphatic rings. The number of H-pyrrole nitrogens is 1. The fourth-order valence-electron chi connectivity index (χ4n) is 4.29. The van der Waals surface area contributed by atoms with Crippen molar-refractivity contribution in [3.63, 3.8) is 0 Å². The second-order valence-corrected chi connectivity index (χ2v) is 7.79. The van der Waals surface area contributed by atoms with E-state index in [1.807, 2.05) is 52.8 Å². The number of aromatic nitrogens is 4. The van der Waals surface area contributed by atoms with Gasteiger partial charge in [0.25, 0.3) is 5.91 Å². The fraction of sp³-hybridized carbons (Fsp3) is 0.318. The number of hydrogen-bond donors (Lipinski definition) is 1. The van der Waals surface area contributed by atoms with E-state index < -0.39 is 0 Å². The molecule has 154 valence electrons. The van der Waals surface area contributed by atoms with Crippen molar-refractivity contribution < 1.29 is 9.21 Å². The maximum atomic E-state index is 13.1. The summed E-state index contributed by atoms with van der Waals surface area (Å²) < 4.78 is 9.06. The number of hydrogen-bond acceptors (Lipinski definition) is 4. The molecule has 1 saturated heterocycles. The van der Waals surface area contributed by atoms with E-state index in [1.165, 1.54) is 0 Å². The monoisotopic (exact) mass is 405 g/mol. The van der Waals surface area contributed by atoms with Crippen molar-refractivity contribution in [3.8, 4) is 11.5 Å². The second kappa shape index (κ2) is 7.05. The van der Waals surface area contributed by atoms with E-state index in [4.69, 9.17) is 4.42 Å². The maximum absolute atomic E-state index is 13.1. The highest BCUT2D eigenvalue weighted by Crippen LogP contribution is 2.27. The van der Waals surface area contributed by atoms with Crippen LogP contribution >= 0.6 is 0 Å². The van der Waals surface area contributed by atoms with Crippen LogP contribution in [0.5, 0.6) is 0 Å². The lowest BCUT2D eigenvalue weighted by Crippen LogP contribution is -2.41. The zero-order chi connectivity index (χ0) is 20.8. The first-order valence-electron chi connectivity index (χ1n) is 10.1. The number of amides is 1. The van der Waals surface area contributed by atoms with E-state index >= 15 is 0 Å². The quantitative estimate of drug-likeness (QED) is 0.567. The van der Waals surface area contributed by atoms with E-state index in [1.54, 1.807) is 17.8 Å². The van der Waals surface area contributed by atoms with E-state index in [-0.39, 0.29) is 17.6 Å². The summed E-state index contributed by atoms with van der Waals surface area (Å²) >= 11 is 0. The Morgan fingerprint density at radius 3 is 2.67 bits per heavy atom. The smallest absolute Gasteiger partial charge is 0.326 e. The van der Waals surface area contributed by atoms with Crippen LogP contribution in [0.15, 0.2) is 51.7 Å². The first-order valence-corrected chi connectivity index (χ1v) is 10.1. The van der Waals surface area contributed by atoms with Gasteiger partial charge in [-0.25, -0.2) is 4.79 Å². The van der Waals surface area contributed by atoms with Crippen LogP contribution in [0.25, 0.3) is 22.5 Å². The summed E-state index contributed by atoms with van der Waals surface area (Å²) in [6.45, 7) is 3.06. The number of nitrogens with one attached hydrogen (secondary N) is 1. The Hall–Kier alpha value is -3.55. The van der Waals surface area contributed by atoms with Gasteiger partial charge in [-0.05, 0) is 44.0 Å². The van der Waals surface area contributed by atoms with Crippen molar-refractivity contribution in [2.24, 2.45) is 7.05 Å². The first-order chi connectivity index (χ1) is 14.5. The minimum atomic E-state index is -0.0917. The summed E-state index contributed by atoms with van der Waals surface area (Å²) in [5.41, 5.74) is 2.84. The molecular weight excluding hydrogens is 382 g/mol. The molecule has 0 aliphatic carbocycles. The Balaban J connectivity index is 1.33. The third-order valence-corrected chi connectivity index (χ3v) is 5.83. The number of fused-ring (bicyclic) bond motifs is 1. The number of likely N-dealkylation sites (tertiary alicyclic amines) is 1. The van der Waals surface area contributed by atoms with Gasteiger partial charge >= 0.3 is 5.69 Å². The molecule has 1 aromatic carbocycles. The number of benzene rings is 1. The molecule has 1 aliphatic heterocycles. The molecule has 4 aromatic rings. The molecule has 4 heterocycles. The lowest BCUT2D eigenvalue weighted by molar-refractivity contribution is 0.0684. The molecule has 1 amide bonds. The van der Waals surface area contributed by atoms with Gasteiger partial charge in [-0.1, -0.05) is 12.1 Å². The van der Waals surface area contributed by atoms with Gasteiger partial charge < -0.3 is 14.3 Å². The van der Waals surface area contributed by atoms with E-state index in [9.17, 15) is 9.59 Å². The molecule has 3 aromatic heterocycles. The lowest BCUT2D eigenvalue weighted by atomic mass is 10.0. The average Bonchev–Trinajstić information content (AvgIpc) is 3.43. The lowest BCUT2D eigenvalue weighted by Gasteiger charge is -2.32. The SMILES string of the molecule is Cc1ccc(-c2cc(C(=O)N3CCC(n4c(=O)[nH]c5ccccc54)CC3)n(C)n2)o1. The number of aromatic amines is 1.